The number of nitrogens with two attached hydrogens (primary N) is 1. The van der Waals surface area contributed by atoms with Crippen molar-refractivity contribution in [3.8, 4) is 0 Å². The molecule has 0 aliphatic heterocycles. The fourth-order valence-corrected chi connectivity index (χ4v) is 3.76. The molecule has 0 aliphatic carbocycles. The van der Waals surface area contributed by atoms with Crippen LogP contribution >= 0.6 is 11.8 Å². The van der Waals surface area contributed by atoms with E-state index in [9.17, 15) is 0 Å². The monoisotopic (exact) mass is 341 g/mol. The number of amidine groups is 1. The van der Waals surface area contributed by atoms with E-state index in [4.69, 9.17) is 5.73 Å². The molecule has 0 spiro atoms. The Labute approximate surface area is 143 Å². The number of thioether (sulfide) groups is 1. The van der Waals surface area contributed by atoms with Crippen LogP contribution in [-0.2, 0) is 5.75 Å². The maximum absolute atomic E-state index is 5.87. The van der Waals surface area contributed by atoms with Gasteiger partial charge in [0, 0.05) is 5.75 Å². The van der Waals surface area contributed by atoms with E-state index in [2.05, 4.69) is 66.2 Å². The van der Waals surface area contributed by atoms with Crippen LogP contribution in [-0.4, -0.2) is 19.5 Å². The topological polar surface area (TPSA) is 50.7 Å². The van der Waals surface area contributed by atoms with Gasteiger partial charge in [0.2, 0.25) is 0 Å². The molecule has 0 aliphatic rings. The van der Waals surface area contributed by atoms with Crippen LogP contribution in [0.2, 0.25) is 19.6 Å². The van der Waals surface area contributed by atoms with E-state index in [1.54, 1.807) is 6.21 Å². The molecule has 0 radical (unpaired) electrons. The van der Waals surface area contributed by atoms with Crippen molar-refractivity contribution in [2.24, 2.45) is 15.9 Å². The van der Waals surface area contributed by atoms with E-state index in [1.807, 2.05) is 18.2 Å². The summed E-state index contributed by atoms with van der Waals surface area (Å²) in [5.74, 6) is 0.802. The molecule has 23 heavy (non-hydrogen) atoms. The molecule has 0 heterocycles. The number of hydrogen-bond donors (Lipinski definition) is 1. The van der Waals surface area contributed by atoms with Gasteiger partial charge in [-0.2, -0.15) is 5.10 Å². The van der Waals surface area contributed by atoms with Crippen LogP contribution in [0.15, 0.2) is 64.8 Å². The highest BCUT2D eigenvalue weighted by molar-refractivity contribution is 8.13. The average molecular weight is 342 g/mol. The van der Waals surface area contributed by atoms with Crippen molar-refractivity contribution in [1.29, 1.82) is 0 Å². The van der Waals surface area contributed by atoms with Crippen molar-refractivity contribution in [1.82, 2.24) is 0 Å². The quantitative estimate of drug-likeness (QED) is 0.389. The van der Waals surface area contributed by atoms with Gasteiger partial charge in [-0.3, -0.25) is 0 Å². The SMILES string of the molecule is C[Si](C)(C)c1ccc(C=NN=C(N)SCc2ccccc2)cc1. The largest absolute Gasteiger partial charge is 0.377 e. The van der Waals surface area contributed by atoms with Gasteiger partial charge in [-0.1, -0.05) is 91.2 Å². The van der Waals surface area contributed by atoms with Gasteiger partial charge in [-0.15, -0.1) is 5.10 Å². The van der Waals surface area contributed by atoms with Gasteiger partial charge >= 0.3 is 0 Å². The minimum absolute atomic E-state index is 0.476. The average Bonchev–Trinajstić information content (AvgIpc) is 2.53. The Bertz CT molecular complexity index is 674. The number of rotatable bonds is 5. The Hall–Kier alpha value is -1.85. The second-order valence-electron chi connectivity index (χ2n) is 6.33. The summed E-state index contributed by atoms with van der Waals surface area (Å²) in [4.78, 5) is 0. The highest BCUT2D eigenvalue weighted by Crippen LogP contribution is 2.11. The zero-order chi connectivity index (χ0) is 16.7. The van der Waals surface area contributed by atoms with Gasteiger partial charge in [0.15, 0.2) is 5.17 Å². The molecule has 0 aromatic heterocycles. The number of hydrogen-bond acceptors (Lipinski definition) is 3. The Balaban J connectivity index is 1.89. The van der Waals surface area contributed by atoms with Crippen LogP contribution in [0.5, 0.6) is 0 Å². The second kappa shape index (κ2) is 8.13. The Morgan fingerprint density at radius 1 is 1.04 bits per heavy atom. The van der Waals surface area contributed by atoms with Gasteiger partial charge in [0.1, 0.15) is 0 Å². The molecule has 0 atom stereocenters. The van der Waals surface area contributed by atoms with Crippen molar-refractivity contribution >= 4 is 36.4 Å². The standard InChI is InChI=1S/C18H23N3SSi/c1-23(2,3)17-11-9-15(10-12-17)13-20-21-18(19)22-14-16-7-5-4-6-8-16/h4-13H,14H2,1-3H3,(H2,19,21). The third-order valence-corrected chi connectivity index (χ3v) is 6.29. The van der Waals surface area contributed by atoms with Crippen LogP contribution in [0.1, 0.15) is 11.1 Å². The zero-order valence-corrected chi connectivity index (χ0v) is 15.7. The number of benzene rings is 2. The first-order valence-electron chi connectivity index (χ1n) is 7.59. The molecule has 0 saturated carbocycles. The molecule has 5 heteroatoms. The summed E-state index contributed by atoms with van der Waals surface area (Å²) in [6.07, 6.45) is 1.74. The lowest BCUT2D eigenvalue weighted by atomic mass is 10.2. The third-order valence-electron chi connectivity index (χ3n) is 3.37. The third kappa shape index (κ3) is 6.04. The van der Waals surface area contributed by atoms with Crippen molar-refractivity contribution < 1.29 is 0 Å². The van der Waals surface area contributed by atoms with E-state index < -0.39 is 8.07 Å². The lowest BCUT2D eigenvalue weighted by Crippen LogP contribution is -2.37. The van der Waals surface area contributed by atoms with Crippen LogP contribution in [0.25, 0.3) is 0 Å². The Morgan fingerprint density at radius 3 is 2.30 bits per heavy atom. The van der Waals surface area contributed by atoms with E-state index in [-0.39, 0.29) is 0 Å². The summed E-state index contributed by atoms with van der Waals surface area (Å²) in [6.45, 7) is 7.02. The first-order chi connectivity index (χ1) is 10.9. The summed E-state index contributed by atoms with van der Waals surface area (Å²) in [7, 11) is -1.24. The van der Waals surface area contributed by atoms with Crippen LogP contribution < -0.4 is 10.9 Å². The summed E-state index contributed by atoms with van der Waals surface area (Å²) < 4.78 is 0. The fraction of sp³-hybridized carbons (Fsp3) is 0.222. The predicted octanol–water partition coefficient (Wildman–Crippen LogP) is 3.81. The van der Waals surface area contributed by atoms with Gasteiger partial charge in [-0.25, -0.2) is 0 Å². The summed E-state index contributed by atoms with van der Waals surface area (Å²) in [5, 5.41) is 10.0. The van der Waals surface area contributed by atoms with Crippen molar-refractivity contribution in [2.75, 3.05) is 0 Å². The van der Waals surface area contributed by atoms with Crippen molar-refractivity contribution in [3.63, 3.8) is 0 Å². The Kier molecular flexibility index (Phi) is 6.18. The van der Waals surface area contributed by atoms with Gasteiger partial charge < -0.3 is 5.73 Å². The molecule has 2 N–H and O–H groups in total. The van der Waals surface area contributed by atoms with E-state index >= 15 is 0 Å². The molecule has 0 saturated heterocycles. The summed E-state index contributed by atoms with van der Waals surface area (Å²) >= 11 is 1.49. The molecule has 120 valence electrons. The molecule has 0 fully saturated rings. The summed E-state index contributed by atoms with van der Waals surface area (Å²) in [5.41, 5.74) is 8.13. The predicted molar refractivity (Wildman–Crippen MR) is 106 cm³/mol. The minimum atomic E-state index is -1.24. The minimum Gasteiger partial charge on any atom is -0.377 e. The van der Waals surface area contributed by atoms with Crippen molar-refractivity contribution in [3.05, 3.63) is 65.7 Å². The first-order valence-corrected chi connectivity index (χ1v) is 12.1. The van der Waals surface area contributed by atoms with E-state index in [1.165, 1.54) is 22.5 Å². The first kappa shape index (κ1) is 17.5. The van der Waals surface area contributed by atoms with Crippen molar-refractivity contribution in [2.45, 2.75) is 25.4 Å². The van der Waals surface area contributed by atoms with Crippen LogP contribution in [0.3, 0.4) is 0 Å². The molecule has 2 aromatic rings. The lowest BCUT2D eigenvalue weighted by Gasteiger charge is -2.16. The Morgan fingerprint density at radius 2 is 1.70 bits per heavy atom. The maximum Gasteiger partial charge on any atom is 0.180 e. The maximum atomic E-state index is 5.87. The second-order valence-corrected chi connectivity index (χ2v) is 12.4. The molecule has 2 aromatic carbocycles. The van der Waals surface area contributed by atoms with E-state index in [0.717, 1.165) is 11.3 Å². The molecular formula is C18H23N3SSi. The molecule has 2 rings (SSSR count). The zero-order valence-electron chi connectivity index (χ0n) is 13.9. The molecular weight excluding hydrogens is 318 g/mol. The summed E-state index contributed by atoms with van der Waals surface area (Å²) in [6, 6.07) is 18.7. The highest BCUT2D eigenvalue weighted by atomic mass is 32.2. The normalized spacial score (nSPS) is 12.7. The van der Waals surface area contributed by atoms with E-state index in [0.29, 0.717) is 5.17 Å². The van der Waals surface area contributed by atoms with Gasteiger partial charge in [0.05, 0.1) is 14.3 Å². The smallest absolute Gasteiger partial charge is 0.180 e. The van der Waals surface area contributed by atoms with Crippen LogP contribution in [0, 0.1) is 0 Å². The van der Waals surface area contributed by atoms with Crippen LogP contribution in [0.4, 0.5) is 0 Å². The molecule has 0 unspecified atom stereocenters. The molecule has 3 nitrogen and oxygen atoms in total. The highest BCUT2D eigenvalue weighted by Gasteiger charge is 2.15. The molecule has 0 bridgehead atoms. The molecule has 0 amide bonds. The number of nitrogens with zero attached hydrogens (tertiary/aromatic N) is 2. The lowest BCUT2D eigenvalue weighted by molar-refractivity contribution is 1.25. The van der Waals surface area contributed by atoms with Gasteiger partial charge in [-0.05, 0) is 11.1 Å². The van der Waals surface area contributed by atoms with Gasteiger partial charge in [0.25, 0.3) is 0 Å². The fourth-order valence-electron chi connectivity index (χ4n) is 1.98.